The molecule has 0 aliphatic rings. The molecule has 0 N–H and O–H groups in total. The molecule has 1 aromatic carbocycles. The average Bonchev–Trinajstić information content (AvgIpc) is 2.82. The van der Waals surface area contributed by atoms with Crippen molar-refractivity contribution in [3.8, 4) is 5.69 Å². The summed E-state index contributed by atoms with van der Waals surface area (Å²) in [5.74, 6) is -0.403. The number of hydrogen-bond acceptors (Lipinski definition) is 3. The summed E-state index contributed by atoms with van der Waals surface area (Å²) in [6, 6.07) is 5.92. The van der Waals surface area contributed by atoms with Gasteiger partial charge in [-0.2, -0.15) is 0 Å². The second kappa shape index (κ2) is 5.35. The maximum Gasteiger partial charge on any atom is 0.358 e. The van der Waals surface area contributed by atoms with Crippen molar-refractivity contribution in [1.82, 2.24) is 9.55 Å². The Hall–Kier alpha value is -1.62. The molecule has 0 saturated carbocycles. The number of halogens is 1. The number of ether oxygens (including phenoxy) is 1. The van der Waals surface area contributed by atoms with Crippen molar-refractivity contribution in [3.05, 3.63) is 46.5 Å². The Morgan fingerprint density at radius 3 is 3.00 bits per heavy atom. The molecule has 0 radical (unpaired) electrons. The number of aromatic nitrogens is 2. The van der Waals surface area contributed by atoms with E-state index in [1.165, 1.54) is 0 Å². The number of hydrogen-bond donors (Lipinski definition) is 0. The van der Waals surface area contributed by atoms with Crippen molar-refractivity contribution < 1.29 is 9.53 Å². The number of carbonyl (C=O) groups is 1. The lowest BCUT2D eigenvalue weighted by atomic mass is 10.2. The van der Waals surface area contributed by atoms with E-state index in [1.54, 1.807) is 24.0 Å². The van der Waals surface area contributed by atoms with Gasteiger partial charge in [0.25, 0.3) is 0 Å². The van der Waals surface area contributed by atoms with E-state index in [-0.39, 0.29) is 0 Å². The first-order chi connectivity index (χ1) is 8.63. The van der Waals surface area contributed by atoms with Crippen LogP contribution in [0.15, 0.2) is 35.2 Å². The number of imidazole rings is 1. The molecule has 5 heteroatoms. The molecule has 0 unspecified atom stereocenters. The number of esters is 1. The number of carbonyl (C=O) groups excluding carboxylic acids is 1. The first-order valence-corrected chi connectivity index (χ1v) is 6.39. The van der Waals surface area contributed by atoms with Gasteiger partial charge in [0.2, 0.25) is 0 Å². The second-order valence-corrected chi connectivity index (χ2v) is 4.59. The zero-order valence-corrected chi connectivity index (χ0v) is 11.8. The lowest BCUT2D eigenvalue weighted by molar-refractivity contribution is 0.0520. The summed E-state index contributed by atoms with van der Waals surface area (Å²) in [5.41, 5.74) is 2.38. The fraction of sp³-hybridized carbons (Fsp3) is 0.231. The summed E-state index contributed by atoms with van der Waals surface area (Å²) in [7, 11) is 0. The zero-order chi connectivity index (χ0) is 13.1. The van der Waals surface area contributed by atoms with E-state index in [4.69, 9.17) is 4.74 Å². The molecule has 4 nitrogen and oxygen atoms in total. The average molecular weight is 309 g/mol. The third kappa shape index (κ3) is 2.46. The van der Waals surface area contributed by atoms with E-state index in [9.17, 15) is 4.79 Å². The molecular weight excluding hydrogens is 296 g/mol. The molecule has 0 atom stereocenters. The van der Waals surface area contributed by atoms with Gasteiger partial charge in [0.15, 0.2) is 5.69 Å². The molecule has 1 aromatic heterocycles. The molecule has 0 aliphatic carbocycles. The first-order valence-electron chi connectivity index (χ1n) is 5.60. The van der Waals surface area contributed by atoms with Crippen LogP contribution in [-0.2, 0) is 4.74 Å². The number of rotatable bonds is 3. The minimum atomic E-state index is -0.403. The topological polar surface area (TPSA) is 44.1 Å². The molecule has 0 amide bonds. The second-order valence-electron chi connectivity index (χ2n) is 3.79. The SMILES string of the molecule is CCOC(=O)c1cn(-c2cccc(C)c2Br)cn1. The van der Waals surface area contributed by atoms with Crippen LogP contribution in [0.3, 0.4) is 0 Å². The van der Waals surface area contributed by atoms with Gasteiger partial charge in [-0.3, -0.25) is 0 Å². The summed E-state index contributed by atoms with van der Waals surface area (Å²) in [4.78, 5) is 15.6. The maximum atomic E-state index is 11.5. The van der Waals surface area contributed by atoms with E-state index in [2.05, 4.69) is 20.9 Å². The quantitative estimate of drug-likeness (QED) is 0.818. The van der Waals surface area contributed by atoms with Gasteiger partial charge in [-0.25, -0.2) is 9.78 Å². The predicted octanol–water partition coefficient (Wildman–Crippen LogP) is 3.12. The van der Waals surface area contributed by atoms with Crippen LogP contribution in [0.5, 0.6) is 0 Å². The third-order valence-electron chi connectivity index (χ3n) is 2.52. The molecule has 18 heavy (non-hydrogen) atoms. The smallest absolute Gasteiger partial charge is 0.358 e. The fourth-order valence-corrected chi connectivity index (χ4v) is 2.07. The molecule has 0 aliphatic heterocycles. The van der Waals surface area contributed by atoms with Gasteiger partial charge in [0, 0.05) is 10.7 Å². The van der Waals surface area contributed by atoms with E-state index >= 15 is 0 Å². The van der Waals surface area contributed by atoms with Crippen LogP contribution < -0.4 is 0 Å². The highest BCUT2D eigenvalue weighted by Gasteiger charge is 2.12. The van der Waals surface area contributed by atoms with Crippen molar-refractivity contribution in [1.29, 1.82) is 0 Å². The number of benzene rings is 1. The lowest BCUT2D eigenvalue weighted by Crippen LogP contribution is -2.04. The van der Waals surface area contributed by atoms with Crippen molar-refractivity contribution >= 4 is 21.9 Å². The van der Waals surface area contributed by atoms with E-state index < -0.39 is 5.97 Å². The Morgan fingerprint density at radius 2 is 2.28 bits per heavy atom. The molecule has 2 aromatic rings. The fourth-order valence-electron chi connectivity index (χ4n) is 1.60. The van der Waals surface area contributed by atoms with Gasteiger partial charge in [-0.05, 0) is 41.4 Å². The highest BCUT2D eigenvalue weighted by molar-refractivity contribution is 9.10. The normalized spacial score (nSPS) is 10.4. The van der Waals surface area contributed by atoms with E-state index in [0.717, 1.165) is 15.7 Å². The van der Waals surface area contributed by atoms with Crippen LogP contribution in [0.2, 0.25) is 0 Å². The van der Waals surface area contributed by atoms with Crippen LogP contribution in [0.1, 0.15) is 23.0 Å². The molecule has 2 rings (SSSR count). The Labute approximate surface area is 114 Å². The van der Waals surface area contributed by atoms with Crippen molar-refractivity contribution in [2.24, 2.45) is 0 Å². The zero-order valence-electron chi connectivity index (χ0n) is 10.2. The number of aryl methyl sites for hydroxylation is 1. The van der Waals surface area contributed by atoms with Crippen LogP contribution >= 0.6 is 15.9 Å². The Balaban J connectivity index is 2.35. The van der Waals surface area contributed by atoms with E-state index in [1.807, 2.05) is 25.1 Å². The van der Waals surface area contributed by atoms with Crippen molar-refractivity contribution in [2.75, 3.05) is 6.61 Å². The van der Waals surface area contributed by atoms with E-state index in [0.29, 0.717) is 12.3 Å². The highest BCUT2D eigenvalue weighted by atomic mass is 79.9. The monoisotopic (exact) mass is 308 g/mol. The van der Waals surface area contributed by atoms with Gasteiger partial charge in [0.05, 0.1) is 12.3 Å². The predicted molar refractivity (Wildman–Crippen MR) is 72.0 cm³/mol. The summed E-state index contributed by atoms with van der Waals surface area (Å²) in [6.07, 6.45) is 3.27. The molecular formula is C13H13BrN2O2. The Bertz CT molecular complexity index is 578. The molecule has 0 spiro atoms. The standard InChI is InChI=1S/C13H13BrN2O2/c1-3-18-13(17)10-7-16(8-15-10)11-6-4-5-9(2)12(11)14/h4-8H,3H2,1-2H3. The van der Waals surface area contributed by atoms with Gasteiger partial charge in [-0.15, -0.1) is 0 Å². The molecule has 94 valence electrons. The first kappa shape index (κ1) is 12.8. The van der Waals surface area contributed by atoms with Gasteiger partial charge >= 0.3 is 5.97 Å². The summed E-state index contributed by atoms with van der Waals surface area (Å²) >= 11 is 3.53. The Morgan fingerprint density at radius 1 is 1.50 bits per heavy atom. The lowest BCUT2D eigenvalue weighted by Gasteiger charge is -2.06. The minimum Gasteiger partial charge on any atom is -0.461 e. The van der Waals surface area contributed by atoms with Crippen LogP contribution in [0, 0.1) is 6.92 Å². The minimum absolute atomic E-state index is 0.310. The summed E-state index contributed by atoms with van der Waals surface area (Å²) < 4.78 is 7.68. The van der Waals surface area contributed by atoms with Gasteiger partial charge < -0.3 is 9.30 Å². The van der Waals surface area contributed by atoms with Crippen molar-refractivity contribution in [3.63, 3.8) is 0 Å². The van der Waals surface area contributed by atoms with Crippen LogP contribution in [-0.4, -0.2) is 22.1 Å². The third-order valence-corrected chi connectivity index (χ3v) is 3.55. The van der Waals surface area contributed by atoms with Crippen molar-refractivity contribution in [2.45, 2.75) is 13.8 Å². The highest BCUT2D eigenvalue weighted by Crippen LogP contribution is 2.24. The number of nitrogens with zero attached hydrogens (tertiary/aromatic N) is 2. The van der Waals surface area contributed by atoms with Gasteiger partial charge in [0.1, 0.15) is 6.33 Å². The maximum absolute atomic E-state index is 11.5. The molecule has 0 bridgehead atoms. The Kier molecular flexibility index (Phi) is 3.81. The molecule has 0 fully saturated rings. The molecule has 0 saturated heterocycles. The largest absolute Gasteiger partial charge is 0.461 e. The molecule has 1 heterocycles. The summed E-state index contributed by atoms with van der Waals surface area (Å²) in [6.45, 7) is 4.13. The van der Waals surface area contributed by atoms with Crippen LogP contribution in [0.4, 0.5) is 0 Å². The van der Waals surface area contributed by atoms with Gasteiger partial charge in [-0.1, -0.05) is 12.1 Å². The summed E-state index contributed by atoms with van der Waals surface area (Å²) in [5, 5.41) is 0. The van der Waals surface area contributed by atoms with Crippen LogP contribution in [0.25, 0.3) is 5.69 Å².